The van der Waals surface area contributed by atoms with Crippen molar-refractivity contribution in [1.29, 1.82) is 0 Å². The molecule has 2 rings (SSSR count). The third kappa shape index (κ3) is 3.35. The first-order valence-corrected chi connectivity index (χ1v) is 6.46. The van der Waals surface area contributed by atoms with Crippen LogP contribution in [0.5, 0.6) is 0 Å². The summed E-state index contributed by atoms with van der Waals surface area (Å²) in [6, 6.07) is 3.31. The van der Waals surface area contributed by atoms with Crippen LogP contribution >= 0.6 is 0 Å². The van der Waals surface area contributed by atoms with Gasteiger partial charge in [0.25, 0.3) is 5.91 Å². The van der Waals surface area contributed by atoms with E-state index >= 15 is 0 Å². The van der Waals surface area contributed by atoms with Gasteiger partial charge < -0.3 is 9.32 Å². The van der Waals surface area contributed by atoms with E-state index in [1.54, 1.807) is 24.0 Å². The monoisotopic (exact) mass is 266 g/mol. The van der Waals surface area contributed by atoms with Crippen molar-refractivity contribution in [2.24, 2.45) is 5.92 Å². The summed E-state index contributed by atoms with van der Waals surface area (Å²) in [5, 5.41) is 0. The molecule has 0 saturated carbocycles. The minimum Gasteiger partial charge on any atom is -0.459 e. The van der Waals surface area contributed by atoms with E-state index in [1.165, 1.54) is 6.26 Å². The third-order valence-corrected chi connectivity index (χ3v) is 3.13. The van der Waals surface area contributed by atoms with Crippen molar-refractivity contribution < 1.29 is 18.8 Å². The fourth-order valence-corrected chi connectivity index (χ4v) is 2.16. The maximum Gasteiger partial charge on any atom is 0.289 e. The predicted octanol–water partition coefficient (Wildman–Crippen LogP) is 1.20. The van der Waals surface area contributed by atoms with Gasteiger partial charge in [-0.15, -0.1) is 0 Å². The van der Waals surface area contributed by atoms with E-state index in [9.17, 15) is 9.59 Å². The first kappa shape index (κ1) is 13.6. The lowest BCUT2D eigenvalue weighted by Crippen LogP contribution is -2.45. The van der Waals surface area contributed by atoms with Crippen molar-refractivity contribution in [2.45, 2.75) is 19.8 Å². The fraction of sp³-hybridized carbons (Fsp3) is 0.538. The van der Waals surface area contributed by atoms with Crippen molar-refractivity contribution in [1.82, 2.24) is 10.4 Å². The number of amides is 2. The Morgan fingerprint density at radius 3 is 3.11 bits per heavy atom. The Morgan fingerprint density at radius 1 is 1.58 bits per heavy atom. The fourth-order valence-electron chi connectivity index (χ4n) is 2.16. The third-order valence-electron chi connectivity index (χ3n) is 3.13. The van der Waals surface area contributed by atoms with Crippen LogP contribution in [0.25, 0.3) is 0 Å². The second kappa shape index (κ2) is 6.38. The van der Waals surface area contributed by atoms with Crippen LogP contribution < -0.4 is 5.48 Å². The SMILES string of the molecule is CCONC(=O)[C@H]1CCCN(C(=O)c2ccco2)C1. The molecule has 1 aliphatic rings. The number of hydroxylamine groups is 1. The number of hydrogen-bond donors (Lipinski definition) is 1. The normalized spacial score (nSPS) is 19.2. The van der Waals surface area contributed by atoms with E-state index < -0.39 is 0 Å². The van der Waals surface area contributed by atoms with E-state index in [4.69, 9.17) is 9.25 Å². The number of piperidine rings is 1. The number of rotatable bonds is 4. The number of carbonyl (C=O) groups excluding carboxylic acids is 2. The molecule has 0 bridgehead atoms. The van der Waals surface area contributed by atoms with E-state index in [0.29, 0.717) is 25.5 Å². The van der Waals surface area contributed by atoms with Crippen LogP contribution in [0.15, 0.2) is 22.8 Å². The van der Waals surface area contributed by atoms with Gasteiger partial charge >= 0.3 is 0 Å². The van der Waals surface area contributed by atoms with Gasteiger partial charge in [-0.3, -0.25) is 14.4 Å². The van der Waals surface area contributed by atoms with Crippen LogP contribution in [0.1, 0.15) is 30.3 Å². The summed E-state index contributed by atoms with van der Waals surface area (Å²) < 4.78 is 5.09. The zero-order valence-electron chi connectivity index (χ0n) is 10.9. The van der Waals surface area contributed by atoms with Gasteiger partial charge in [0.2, 0.25) is 5.91 Å². The first-order chi connectivity index (χ1) is 9.22. The van der Waals surface area contributed by atoms with Crippen LogP contribution in [0, 0.1) is 5.92 Å². The highest BCUT2D eigenvalue weighted by Crippen LogP contribution is 2.19. The second-order valence-electron chi connectivity index (χ2n) is 4.47. The Balaban J connectivity index is 1.93. The van der Waals surface area contributed by atoms with Crippen LogP contribution in [-0.2, 0) is 9.63 Å². The Labute approximate surface area is 111 Å². The minimum absolute atomic E-state index is 0.168. The molecule has 104 valence electrons. The van der Waals surface area contributed by atoms with Crippen LogP contribution in [-0.4, -0.2) is 36.4 Å². The summed E-state index contributed by atoms with van der Waals surface area (Å²) in [6.45, 7) is 3.28. The van der Waals surface area contributed by atoms with E-state index in [1.807, 2.05) is 0 Å². The molecular weight excluding hydrogens is 248 g/mol. The molecule has 1 aromatic heterocycles. The molecule has 19 heavy (non-hydrogen) atoms. The average Bonchev–Trinajstić information content (AvgIpc) is 2.98. The summed E-state index contributed by atoms with van der Waals surface area (Å²) in [4.78, 5) is 30.5. The van der Waals surface area contributed by atoms with E-state index in [-0.39, 0.29) is 17.7 Å². The molecule has 1 atom stereocenters. The number of carbonyl (C=O) groups is 2. The van der Waals surface area contributed by atoms with Crippen molar-refractivity contribution >= 4 is 11.8 Å². The summed E-state index contributed by atoms with van der Waals surface area (Å²) in [5.41, 5.74) is 2.40. The molecule has 1 N–H and O–H groups in total. The minimum atomic E-state index is -0.223. The Bertz CT molecular complexity index is 430. The quantitative estimate of drug-likeness (QED) is 0.831. The van der Waals surface area contributed by atoms with E-state index in [2.05, 4.69) is 5.48 Å². The van der Waals surface area contributed by atoms with Crippen molar-refractivity contribution in [2.75, 3.05) is 19.7 Å². The van der Waals surface area contributed by atoms with Crippen molar-refractivity contribution in [3.8, 4) is 0 Å². The average molecular weight is 266 g/mol. The second-order valence-corrected chi connectivity index (χ2v) is 4.47. The predicted molar refractivity (Wildman–Crippen MR) is 67.1 cm³/mol. The zero-order chi connectivity index (χ0) is 13.7. The Morgan fingerprint density at radius 2 is 2.42 bits per heavy atom. The van der Waals surface area contributed by atoms with Gasteiger partial charge in [0, 0.05) is 13.1 Å². The molecule has 1 saturated heterocycles. The molecule has 0 aromatic carbocycles. The molecule has 1 aromatic rings. The molecule has 2 amide bonds. The highest BCUT2D eigenvalue weighted by molar-refractivity contribution is 5.92. The molecule has 0 aliphatic carbocycles. The molecule has 1 fully saturated rings. The summed E-state index contributed by atoms with van der Waals surface area (Å²) >= 11 is 0. The van der Waals surface area contributed by atoms with Crippen LogP contribution in [0.3, 0.4) is 0 Å². The smallest absolute Gasteiger partial charge is 0.289 e. The largest absolute Gasteiger partial charge is 0.459 e. The summed E-state index contributed by atoms with van der Waals surface area (Å²) in [7, 11) is 0. The molecule has 6 heteroatoms. The van der Waals surface area contributed by atoms with Crippen LogP contribution in [0.2, 0.25) is 0 Å². The van der Waals surface area contributed by atoms with E-state index in [0.717, 1.165) is 12.8 Å². The molecule has 0 unspecified atom stereocenters. The van der Waals surface area contributed by atoms with Gasteiger partial charge in [-0.2, -0.15) is 0 Å². The van der Waals surface area contributed by atoms with Crippen molar-refractivity contribution in [3.05, 3.63) is 24.2 Å². The molecule has 0 radical (unpaired) electrons. The van der Waals surface area contributed by atoms with Gasteiger partial charge in [0.15, 0.2) is 5.76 Å². The number of hydrogen-bond acceptors (Lipinski definition) is 4. The standard InChI is InChI=1S/C13H18N2O4/c1-2-19-14-12(16)10-5-3-7-15(9-10)13(17)11-6-4-8-18-11/h4,6,8,10H,2-3,5,7,9H2,1H3,(H,14,16)/t10-/m0/s1. The zero-order valence-corrected chi connectivity index (χ0v) is 10.9. The highest BCUT2D eigenvalue weighted by atomic mass is 16.6. The molecule has 2 heterocycles. The summed E-state index contributed by atoms with van der Waals surface area (Å²) in [6.07, 6.45) is 3.04. The Kier molecular flexibility index (Phi) is 4.57. The lowest BCUT2D eigenvalue weighted by molar-refractivity contribution is -0.138. The molecule has 1 aliphatic heterocycles. The summed E-state index contributed by atoms with van der Waals surface area (Å²) in [5.74, 6) is -0.247. The number of furan rings is 1. The number of likely N-dealkylation sites (tertiary alicyclic amines) is 1. The maximum absolute atomic E-state index is 12.1. The number of nitrogens with zero attached hydrogens (tertiary/aromatic N) is 1. The van der Waals surface area contributed by atoms with Crippen LogP contribution in [0.4, 0.5) is 0 Å². The topological polar surface area (TPSA) is 71.8 Å². The highest BCUT2D eigenvalue weighted by Gasteiger charge is 2.29. The number of nitrogens with one attached hydrogen (secondary N) is 1. The maximum atomic E-state index is 12.1. The van der Waals surface area contributed by atoms with Gasteiger partial charge in [-0.1, -0.05) is 0 Å². The van der Waals surface area contributed by atoms with Gasteiger partial charge in [0.05, 0.1) is 18.8 Å². The molecular formula is C13H18N2O4. The van der Waals surface area contributed by atoms with Crippen molar-refractivity contribution in [3.63, 3.8) is 0 Å². The molecule has 6 nitrogen and oxygen atoms in total. The lowest BCUT2D eigenvalue weighted by Gasteiger charge is -2.31. The van der Waals surface area contributed by atoms with Gasteiger partial charge in [-0.25, -0.2) is 5.48 Å². The molecule has 0 spiro atoms. The Hall–Kier alpha value is -1.82. The lowest BCUT2D eigenvalue weighted by atomic mass is 9.97. The first-order valence-electron chi connectivity index (χ1n) is 6.46. The van der Waals surface area contributed by atoms with Gasteiger partial charge in [-0.05, 0) is 31.9 Å². The van der Waals surface area contributed by atoms with Gasteiger partial charge in [0.1, 0.15) is 0 Å².